The summed E-state index contributed by atoms with van der Waals surface area (Å²) in [5.41, 5.74) is 5.97. The lowest BCUT2D eigenvalue weighted by Gasteiger charge is -2.09. The summed E-state index contributed by atoms with van der Waals surface area (Å²) >= 11 is 0. The van der Waals surface area contributed by atoms with E-state index in [-0.39, 0.29) is 11.6 Å². The summed E-state index contributed by atoms with van der Waals surface area (Å²) in [6.07, 6.45) is 1.23. The van der Waals surface area contributed by atoms with Gasteiger partial charge >= 0.3 is 0 Å². The molecule has 0 spiro atoms. The van der Waals surface area contributed by atoms with E-state index in [4.69, 9.17) is 5.73 Å². The number of nitrogens with zero attached hydrogens (tertiary/aromatic N) is 1. The normalized spacial score (nSPS) is 10.6. The van der Waals surface area contributed by atoms with E-state index < -0.39 is 5.82 Å². The Kier molecular flexibility index (Phi) is 4.90. The Labute approximate surface area is 101 Å². The third kappa shape index (κ3) is 4.82. The molecule has 0 bridgehead atoms. The molecule has 4 nitrogen and oxygen atoms in total. The van der Waals surface area contributed by atoms with Crippen molar-refractivity contribution in [1.29, 1.82) is 0 Å². The predicted molar refractivity (Wildman–Crippen MR) is 67.2 cm³/mol. The van der Waals surface area contributed by atoms with Crippen molar-refractivity contribution in [3.05, 3.63) is 24.0 Å². The lowest BCUT2D eigenvalue weighted by molar-refractivity contribution is -0.116. The van der Waals surface area contributed by atoms with Crippen LogP contribution in [0.1, 0.15) is 12.8 Å². The van der Waals surface area contributed by atoms with Gasteiger partial charge in [0, 0.05) is 12.1 Å². The molecule has 0 saturated carbocycles. The van der Waals surface area contributed by atoms with Gasteiger partial charge in [-0.25, -0.2) is 4.39 Å². The Morgan fingerprint density at radius 2 is 2.18 bits per heavy atom. The molecule has 0 heterocycles. The molecule has 0 aliphatic carbocycles. The van der Waals surface area contributed by atoms with Gasteiger partial charge in [-0.1, -0.05) is 0 Å². The highest BCUT2D eigenvalue weighted by Gasteiger charge is 2.04. The fourth-order valence-electron chi connectivity index (χ4n) is 1.40. The van der Waals surface area contributed by atoms with Crippen molar-refractivity contribution in [3.8, 4) is 0 Å². The van der Waals surface area contributed by atoms with Crippen molar-refractivity contribution in [2.45, 2.75) is 12.8 Å². The second kappa shape index (κ2) is 6.20. The summed E-state index contributed by atoms with van der Waals surface area (Å²) in [6.45, 7) is 0.860. The monoisotopic (exact) mass is 239 g/mol. The van der Waals surface area contributed by atoms with E-state index in [0.29, 0.717) is 12.1 Å². The molecule has 0 saturated heterocycles. The van der Waals surface area contributed by atoms with Gasteiger partial charge in [0.05, 0.1) is 5.69 Å². The molecule has 0 radical (unpaired) electrons. The first kappa shape index (κ1) is 13.4. The highest BCUT2D eigenvalue weighted by Crippen LogP contribution is 2.16. The molecular weight excluding hydrogens is 221 g/mol. The molecule has 1 amide bonds. The summed E-state index contributed by atoms with van der Waals surface area (Å²) in [5, 5.41) is 2.68. The molecule has 0 fully saturated rings. The Bertz CT molecular complexity index is 393. The van der Waals surface area contributed by atoms with Gasteiger partial charge in [-0.3, -0.25) is 4.79 Å². The van der Waals surface area contributed by atoms with Crippen LogP contribution >= 0.6 is 0 Å². The van der Waals surface area contributed by atoms with Crippen molar-refractivity contribution >= 4 is 17.3 Å². The third-order valence-corrected chi connectivity index (χ3v) is 2.29. The van der Waals surface area contributed by atoms with Crippen LogP contribution in [0, 0.1) is 5.82 Å². The van der Waals surface area contributed by atoms with Crippen LogP contribution in [-0.2, 0) is 4.79 Å². The second-order valence-electron chi connectivity index (χ2n) is 4.19. The van der Waals surface area contributed by atoms with Gasteiger partial charge in [0.15, 0.2) is 0 Å². The smallest absolute Gasteiger partial charge is 0.224 e. The highest BCUT2D eigenvalue weighted by atomic mass is 19.1. The van der Waals surface area contributed by atoms with E-state index >= 15 is 0 Å². The van der Waals surface area contributed by atoms with E-state index in [2.05, 4.69) is 5.32 Å². The summed E-state index contributed by atoms with van der Waals surface area (Å²) < 4.78 is 12.9. The molecule has 17 heavy (non-hydrogen) atoms. The third-order valence-electron chi connectivity index (χ3n) is 2.29. The van der Waals surface area contributed by atoms with Gasteiger partial charge < -0.3 is 16.0 Å². The molecule has 1 rings (SSSR count). The number of benzene rings is 1. The fraction of sp³-hybridized carbons (Fsp3) is 0.417. The number of rotatable bonds is 5. The number of halogens is 1. The minimum absolute atomic E-state index is 0.0380. The van der Waals surface area contributed by atoms with Crippen molar-refractivity contribution < 1.29 is 9.18 Å². The first-order chi connectivity index (χ1) is 7.99. The average Bonchev–Trinajstić information content (AvgIpc) is 2.23. The number of nitrogen functional groups attached to an aromatic ring is 1. The molecule has 94 valence electrons. The standard InChI is InChI=1S/C12H18FN3O/c1-16(2)7-3-4-12(17)15-9-5-6-10(13)11(14)8-9/h5-6,8H,3-4,7,14H2,1-2H3,(H,15,17). The van der Waals surface area contributed by atoms with E-state index in [9.17, 15) is 9.18 Å². The maximum atomic E-state index is 12.9. The summed E-state index contributed by atoms with van der Waals surface area (Å²) in [6, 6.07) is 4.15. The summed E-state index contributed by atoms with van der Waals surface area (Å²) in [4.78, 5) is 13.5. The molecule has 0 aliphatic rings. The van der Waals surface area contributed by atoms with Crippen LogP contribution < -0.4 is 11.1 Å². The van der Waals surface area contributed by atoms with Crippen LogP contribution in [0.15, 0.2) is 18.2 Å². The number of amides is 1. The first-order valence-corrected chi connectivity index (χ1v) is 5.48. The SMILES string of the molecule is CN(C)CCCC(=O)Nc1ccc(F)c(N)c1. The summed E-state index contributed by atoms with van der Waals surface area (Å²) in [7, 11) is 3.91. The van der Waals surface area contributed by atoms with Crippen molar-refractivity contribution in [1.82, 2.24) is 4.90 Å². The van der Waals surface area contributed by atoms with Gasteiger partial charge in [-0.2, -0.15) is 0 Å². The number of hydrogen-bond donors (Lipinski definition) is 2. The van der Waals surface area contributed by atoms with Crippen LogP contribution in [0.5, 0.6) is 0 Å². The maximum absolute atomic E-state index is 12.9. The molecule has 0 aromatic heterocycles. The lowest BCUT2D eigenvalue weighted by Crippen LogP contribution is -2.17. The molecule has 3 N–H and O–H groups in total. The van der Waals surface area contributed by atoms with E-state index in [1.165, 1.54) is 18.2 Å². The van der Waals surface area contributed by atoms with Gasteiger partial charge in [0.25, 0.3) is 0 Å². The molecule has 1 aromatic rings. The number of hydrogen-bond acceptors (Lipinski definition) is 3. The largest absolute Gasteiger partial charge is 0.396 e. The van der Waals surface area contributed by atoms with Crippen molar-refractivity contribution in [2.24, 2.45) is 0 Å². The van der Waals surface area contributed by atoms with Crippen LogP contribution in [0.25, 0.3) is 0 Å². The zero-order valence-electron chi connectivity index (χ0n) is 10.2. The van der Waals surface area contributed by atoms with Crippen LogP contribution in [0.2, 0.25) is 0 Å². The van der Waals surface area contributed by atoms with Gasteiger partial charge in [-0.05, 0) is 45.3 Å². The Hall–Kier alpha value is -1.62. The van der Waals surface area contributed by atoms with Gasteiger partial charge in [-0.15, -0.1) is 0 Å². The van der Waals surface area contributed by atoms with E-state index in [0.717, 1.165) is 13.0 Å². The highest BCUT2D eigenvalue weighted by molar-refractivity contribution is 5.91. The second-order valence-corrected chi connectivity index (χ2v) is 4.19. The van der Waals surface area contributed by atoms with Gasteiger partial charge in [0.2, 0.25) is 5.91 Å². The Morgan fingerprint density at radius 1 is 1.47 bits per heavy atom. The molecular formula is C12H18FN3O. The minimum atomic E-state index is -0.476. The van der Waals surface area contributed by atoms with Crippen LogP contribution in [0.4, 0.5) is 15.8 Å². The zero-order valence-corrected chi connectivity index (χ0v) is 10.2. The number of nitrogens with one attached hydrogen (secondary N) is 1. The number of anilines is 2. The molecule has 0 aliphatic heterocycles. The fourth-order valence-corrected chi connectivity index (χ4v) is 1.40. The zero-order chi connectivity index (χ0) is 12.8. The minimum Gasteiger partial charge on any atom is -0.396 e. The number of nitrogens with two attached hydrogens (primary N) is 1. The lowest BCUT2D eigenvalue weighted by atomic mass is 10.2. The predicted octanol–water partition coefficient (Wildman–Crippen LogP) is 1.69. The topological polar surface area (TPSA) is 58.4 Å². The van der Waals surface area contributed by atoms with E-state index in [1.54, 1.807) is 0 Å². The first-order valence-electron chi connectivity index (χ1n) is 5.48. The molecule has 5 heteroatoms. The van der Waals surface area contributed by atoms with Crippen LogP contribution in [0.3, 0.4) is 0 Å². The molecule has 1 aromatic carbocycles. The Balaban J connectivity index is 2.42. The van der Waals surface area contributed by atoms with Crippen molar-refractivity contribution in [2.75, 3.05) is 31.7 Å². The summed E-state index contributed by atoms with van der Waals surface area (Å²) in [5.74, 6) is -0.562. The average molecular weight is 239 g/mol. The van der Waals surface area contributed by atoms with Crippen molar-refractivity contribution in [3.63, 3.8) is 0 Å². The molecule has 0 atom stereocenters. The maximum Gasteiger partial charge on any atom is 0.224 e. The van der Waals surface area contributed by atoms with E-state index in [1.807, 2.05) is 19.0 Å². The van der Waals surface area contributed by atoms with Gasteiger partial charge in [0.1, 0.15) is 5.82 Å². The Morgan fingerprint density at radius 3 is 2.76 bits per heavy atom. The number of carbonyl (C=O) groups excluding carboxylic acids is 1. The molecule has 0 unspecified atom stereocenters. The van der Waals surface area contributed by atoms with Crippen LogP contribution in [-0.4, -0.2) is 31.4 Å². The quantitative estimate of drug-likeness (QED) is 0.769. The number of carbonyl (C=O) groups is 1.